The summed E-state index contributed by atoms with van der Waals surface area (Å²) in [5, 5.41) is 0.902. The summed E-state index contributed by atoms with van der Waals surface area (Å²) in [5.74, 6) is -0.480. The fraction of sp³-hybridized carbons (Fsp3) is 0.320. The molecule has 4 rings (SSSR count). The molecule has 0 saturated heterocycles. The fourth-order valence-electron chi connectivity index (χ4n) is 4.82. The normalized spacial score (nSPS) is 15.9. The number of halogens is 1. The van der Waals surface area contributed by atoms with Crippen LogP contribution in [0.5, 0.6) is 0 Å². The molecule has 1 aliphatic heterocycles. The van der Waals surface area contributed by atoms with Crippen molar-refractivity contribution >= 4 is 39.2 Å². The van der Waals surface area contributed by atoms with Crippen molar-refractivity contribution in [3.63, 3.8) is 0 Å². The van der Waals surface area contributed by atoms with E-state index in [0.29, 0.717) is 13.1 Å². The molecule has 0 bridgehead atoms. The maximum atomic E-state index is 12.7. The summed E-state index contributed by atoms with van der Waals surface area (Å²) < 4.78 is 35.6. The topological polar surface area (TPSA) is 101 Å². The van der Waals surface area contributed by atoms with Crippen molar-refractivity contribution in [3.05, 3.63) is 83.4 Å². The van der Waals surface area contributed by atoms with E-state index < -0.39 is 27.3 Å². The van der Waals surface area contributed by atoms with E-state index in [9.17, 15) is 17.8 Å². The van der Waals surface area contributed by atoms with Gasteiger partial charge in [0.2, 0.25) is 5.91 Å². The second-order valence-electron chi connectivity index (χ2n) is 8.46. The van der Waals surface area contributed by atoms with Crippen LogP contribution >= 0.6 is 12.4 Å². The van der Waals surface area contributed by atoms with Crippen LogP contribution in [0.4, 0.5) is 0 Å². The van der Waals surface area contributed by atoms with Crippen molar-refractivity contribution in [2.45, 2.75) is 43.5 Å². The summed E-state index contributed by atoms with van der Waals surface area (Å²) in [6.45, 7) is 1.23. The SMILES string of the molecule is Cl.NC(=O)CCC(C(Cc1cccc2ccccc12)S(=O)(=O)O)N1CCc2ccccc2C1. The quantitative estimate of drug-likeness (QED) is 0.470. The van der Waals surface area contributed by atoms with Crippen LogP contribution in [0.3, 0.4) is 0 Å². The minimum Gasteiger partial charge on any atom is -0.370 e. The van der Waals surface area contributed by atoms with Gasteiger partial charge >= 0.3 is 0 Å². The van der Waals surface area contributed by atoms with Crippen LogP contribution in [0.1, 0.15) is 29.5 Å². The maximum absolute atomic E-state index is 12.7. The molecule has 0 fully saturated rings. The predicted molar refractivity (Wildman–Crippen MR) is 133 cm³/mol. The summed E-state index contributed by atoms with van der Waals surface area (Å²) in [4.78, 5) is 13.7. The molecule has 0 radical (unpaired) electrons. The van der Waals surface area contributed by atoms with E-state index in [1.165, 1.54) is 5.56 Å². The molecule has 1 aliphatic rings. The number of benzene rings is 3. The molecule has 8 heteroatoms. The van der Waals surface area contributed by atoms with Crippen molar-refractivity contribution in [1.82, 2.24) is 4.90 Å². The van der Waals surface area contributed by atoms with Gasteiger partial charge in [-0.25, -0.2) is 0 Å². The first-order valence-electron chi connectivity index (χ1n) is 10.8. The molecule has 176 valence electrons. The Morgan fingerprint density at radius 3 is 2.39 bits per heavy atom. The fourth-order valence-corrected chi connectivity index (χ4v) is 5.92. The van der Waals surface area contributed by atoms with Gasteiger partial charge in [0.05, 0.1) is 0 Å². The van der Waals surface area contributed by atoms with Crippen molar-refractivity contribution < 1.29 is 17.8 Å². The molecule has 1 amide bonds. The van der Waals surface area contributed by atoms with Crippen molar-refractivity contribution in [1.29, 1.82) is 0 Å². The van der Waals surface area contributed by atoms with E-state index in [0.717, 1.165) is 28.3 Å². The molecule has 0 spiro atoms. The third-order valence-electron chi connectivity index (χ3n) is 6.43. The standard InChI is InChI=1S/C25H28N2O4S.ClH/c26-25(28)13-12-23(27-15-14-18-6-1-2-8-21(18)17-27)24(32(29,30)31)16-20-10-5-9-19-7-3-4-11-22(19)20;/h1-11,23-24H,12-17H2,(H2,26,28)(H,29,30,31);1H. The lowest BCUT2D eigenvalue weighted by Gasteiger charge is -2.39. The van der Waals surface area contributed by atoms with E-state index in [1.54, 1.807) is 0 Å². The highest BCUT2D eigenvalue weighted by atomic mass is 35.5. The highest BCUT2D eigenvalue weighted by Gasteiger charge is 2.37. The zero-order chi connectivity index (χ0) is 22.7. The van der Waals surface area contributed by atoms with Crippen LogP contribution in [0.2, 0.25) is 0 Å². The number of primary amides is 1. The zero-order valence-electron chi connectivity index (χ0n) is 18.3. The third-order valence-corrected chi connectivity index (χ3v) is 7.67. The highest BCUT2D eigenvalue weighted by Crippen LogP contribution is 2.29. The van der Waals surface area contributed by atoms with Gasteiger partial charge < -0.3 is 5.73 Å². The van der Waals surface area contributed by atoms with Crippen LogP contribution in [-0.2, 0) is 34.3 Å². The van der Waals surface area contributed by atoms with Crippen LogP contribution in [0.25, 0.3) is 10.8 Å². The van der Waals surface area contributed by atoms with Crippen LogP contribution < -0.4 is 5.73 Å². The average molecular weight is 489 g/mol. The molecule has 0 aromatic heterocycles. The molecule has 0 saturated carbocycles. The first-order chi connectivity index (χ1) is 15.3. The molecule has 6 nitrogen and oxygen atoms in total. The number of carbonyl (C=O) groups is 1. The number of carbonyl (C=O) groups excluding carboxylic acids is 1. The summed E-state index contributed by atoms with van der Waals surface area (Å²) in [6.07, 6.45) is 1.27. The first kappa shape index (κ1) is 25.2. The zero-order valence-corrected chi connectivity index (χ0v) is 19.9. The molecule has 33 heavy (non-hydrogen) atoms. The van der Waals surface area contributed by atoms with E-state index in [1.807, 2.05) is 60.7 Å². The lowest BCUT2D eigenvalue weighted by atomic mass is 9.93. The monoisotopic (exact) mass is 488 g/mol. The third kappa shape index (κ3) is 5.92. The lowest BCUT2D eigenvalue weighted by Crippen LogP contribution is -2.50. The van der Waals surface area contributed by atoms with E-state index in [-0.39, 0.29) is 31.7 Å². The Labute approximate surface area is 200 Å². The summed E-state index contributed by atoms with van der Waals surface area (Å²) in [5.41, 5.74) is 8.65. The maximum Gasteiger partial charge on any atom is 0.269 e. The number of rotatable bonds is 8. The highest BCUT2D eigenvalue weighted by molar-refractivity contribution is 7.86. The number of nitrogens with two attached hydrogens (primary N) is 1. The molecule has 3 aromatic carbocycles. The molecule has 2 atom stereocenters. The number of nitrogens with zero attached hydrogens (tertiary/aromatic N) is 1. The van der Waals surface area contributed by atoms with Crippen LogP contribution in [0, 0.1) is 0 Å². The summed E-state index contributed by atoms with van der Waals surface area (Å²) >= 11 is 0. The lowest BCUT2D eigenvalue weighted by molar-refractivity contribution is -0.118. The number of hydrogen-bond acceptors (Lipinski definition) is 4. The second-order valence-corrected chi connectivity index (χ2v) is 10.1. The van der Waals surface area contributed by atoms with Crippen LogP contribution in [-0.4, -0.2) is 41.6 Å². The van der Waals surface area contributed by atoms with Crippen molar-refractivity contribution in [2.24, 2.45) is 5.73 Å². The van der Waals surface area contributed by atoms with Gasteiger partial charge in [-0.05, 0) is 46.7 Å². The Bertz CT molecular complexity index is 1230. The minimum absolute atomic E-state index is 0. The first-order valence-corrected chi connectivity index (χ1v) is 12.4. The molecule has 3 aromatic rings. The van der Waals surface area contributed by atoms with Crippen molar-refractivity contribution in [3.8, 4) is 0 Å². The molecular weight excluding hydrogens is 460 g/mol. The Morgan fingerprint density at radius 2 is 1.67 bits per heavy atom. The van der Waals surface area contributed by atoms with Gasteiger partial charge in [-0.3, -0.25) is 14.2 Å². The van der Waals surface area contributed by atoms with Gasteiger partial charge in [0, 0.05) is 25.6 Å². The second kappa shape index (κ2) is 10.7. The smallest absolute Gasteiger partial charge is 0.269 e. The Balaban J connectivity index is 0.00000306. The van der Waals surface area contributed by atoms with Gasteiger partial charge in [-0.2, -0.15) is 8.42 Å². The largest absolute Gasteiger partial charge is 0.370 e. The Hall–Kier alpha value is -2.45. The number of fused-ring (bicyclic) bond motifs is 2. The molecule has 1 heterocycles. The van der Waals surface area contributed by atoms with Crippen molar-refractivity contribution in [2.75, 3.05) is 6.54 Å². The Morgan fingerprint density at radius 1 is 1.00 bits per heavy atom. The number of hydrogen-bond donors (Lipinski definition) is 2. The number of amides is 1. The molecular formula is C25H29ClN2O4S. The van der Waals surface area contributed by atoms with E-state index in [4.69, 9.17) is 5.73 Å². The van der Waals surface area contributed by atoms with E-state index in [2.05, 4.69) is 11.0 Å². The van der Waals surface area contributed by atoms with Gasteiger partial charge in [0.25, 0.3) is 10.1 Å². The van der Waals surface area contributed by atoms with Gasteiger partial charge in [0.15, 0.2) is 0 Å². The average Bonchev–Trinajstić information content (AvgIpc) is 2.77. The van der Waals surface area contributed by atoms with Crippen LogP contribution in [0.15, 0.2) is 66.7 Å². The van der Waals surface area contributed by atoms with E-state index >= 15 is 0 Å². The summed E-state index contributed by atoms with van der Waals surface area (Å²) in [6, 6.07) is 21.1. The molecule has 2 unspecified atom stereocenters. The van der Waals surface area contributed by atoms with Gasteiger partial charge in [-0.1, -0.05) is 66.7 Å². The predicted octanol–water partition coefficient (Wildman–Crippen LogP) is 3.75. The molecule has 3 N–H and O–H groups in total. The van der Waals surface area contributed by atoms with Gasteiger partial charge in [0.1, 0.15) is 5.25 Å². The molecule has 0 aliphatic carbocycles. The van der Waals surface area contributed by atoms with Gasteiger partial charge in [-0.15, -0.1) is 12.4 Å². The minimum atomic E-state index is -4.40. The summed E-state index contributed by atoms with van der Waals surface area (Å²) in [7, 11) is -4.40. The Kier molecular flexibility index (Phi) is 8.13.